The first-order valence-corrected chi connectivity index (χ1v) is 13.4. The van der Waals surface area contributed by atoms with Gasteiger partial charge in [-0.1, -0.05) is 53.3 Å². The van der Waals surface area contributed by atoms with Crippen LogP contribution in [0.2, 0.25) is 5.15 Å². The van der Waals surface area contributed by atoms with Crippen molar-refractivity contribution in [3.05, 3.63) is 119 Å². The number of ether oxygens (including phenoxy) is 1. The summed E-state index contributed by atoms with van der Waals surface area (Å²) in [6.07, 6.45) is 2.17. The third kappa shape index (κ3) is 6.82. The van der Waals surface area contributed by atoms with Crippen LogP contribution in [0, 0.1) is 18.8 Å². The van der Waals surface area contributed by atoms with E-state index < -0.39 is 17.2 Å². The molecule has 0 atom stereocenters. The number of hydrogen-bond donors (Lipinski definition) is 2. The molecule has 0 aliphatic heterocycles. The van der Waals surface area contributed by atoms with Gasteiger partial charge in [-0.2, -0.15) is 0 Å². The number of carbonyl (C=O) groups excluding carboxylic acids is 1. The Hall–Kier alpha value is -5.01. The predicted octanol–water partition coefficient (Wildman–Crippen LogP) is 3.06. The third-order valence-corrected chi connectivity index (χ3v) is 6.99. The van der Waals surface area contributed by atoms with Crippen LogP contribution in [0.25, 0.3) is 0 Å². The minimum Gasteiger partial charge on any atom is -0.508 e. The average molecular weight is 589 g/mol. The number of rotatable bonds is 8. The molecule has 0 aliphatic carbocycles. The fourth-order valence-corrected chi connectivity index (χ4v) is 4.45. The second-order valence-electron chi connectivity index (χ2n) is 9.59. The number of hydrogen-bond acceptors (Lipinski definition) is 6. The van der Waals surface area contributed by atoms with Crippen molar-refractivity contribution in [3.63, 3.8) is 0 Å². The number of nitrogens with zero attached hydrogens (tertiary/aromatic N) is 3. The van der Waals surface area contributed by atoms with Crippen molar-refractivity contribution in [2.45, 2.75) is 32.9 Å². The maximum Gasteiger partial charge on any atom is 0.332 e. The molecule has 2 N–H and O–H groups in total. The second-order valence-corrected chi connectivity index (χ2v) is 9.95. The van der Waals surface area contributed by atoms with Gasteiger partial charge in [0.2, 0.25) is 5.91 Å². The monoisotopic (exact) mass is 588 g/mol. The highest BCUT2D eigenvalue weighted by molar-refractivity contribution is 6.32. The van der Waals surface area contributed by atoms with Crippen molar-refractivity contribution in [1.82, 2.24) is 13.7 Å². The number of halogens is 1. The molecule has 2 heterocycles. The Labute approximate surface area is 246 Å². The van der Waals surface area contributed by atoms with Gasteiger partial charge < -0.3 is 19.7 Å². The van der Waals surface area contributed by atoms with Crippen LogP contribution >= 0.6 is 11.6 Å². The first-order valence-electron chi connectivity index (χ1n) is 13.0. The molecule has 2 aromatic carbocycles. The number of phenolic OH excluding ortho intramolecular Hbond substituents is 1. The summed E-state index contributed by atoms with van der Waals surface area (Å²) in [6, 6.07) is 15.7. The van der Waals surface area contributed by atoms with Crippen molar-refractivity contribution in [3.8, 4) is 23.3 Å². The Morgan fingerprint density at radius 2 is 1.81 bits per heavy atom. The van der Waals surface area contributed by atoms with Crippen molar-refractivity contribution >= 4 is 23.2 Å². The topological polar surface area (TPSA) is 125 Å². The lowest BCUT2D eigenvalue weighted by Crippen LogP contribution is -2.40. The molecule has 0 fully saturated rings. The molecule has 11 heteroatoms. The van der Waals surface area contributed by atoms with Gasteiger partial charge in [-0.15, -0.1) is 0 Å². The smallest absolute Gasteiger partial charge is 0.332 e. The predicted molar refractivity (Wildman–Crippen MR) is 160 cm³/mol. The number of amides is 1. The van der Waals surface area contributed by atoms with Gasteiger partial charge in [0.1, 0.15) is 16.6 Å². The van der Waals surface area contributed by atoms with Gasteiger partial charge in [-0.25, -0.2) is 4.79 Å². The lowest BCUT2D eigenvalue weighted by Gasteiger charge is -2.13. The molecule has 10 nitrogen and oxygen atoms in total. The van der Waals surface area contributed by atoms with Gasteiger partial charge in [-0.3, -0.25) is 23.5 Å². The fraction of sp³-hybridized carbons (Fsp3) is 0.226. The second kappa shape index (κ2) is 13.1. The molecule has 216 valence electrons. The maximum absolute atomic E-state index is 12.8. The summed E-state index contributed by atoms with van der Waals surface area (Å²) in [5, 5.41) is 12.7. The van der Waals surface area contributed by atoms with E-state index in [1.807, 2.05) is 31.2 Å². The van der Waals surface area contributed by atoms with Gasteiger partial charge in [0.25, 0.3) is 11.1 Å². The zero-order chi connectivity index (χ0) is 30.4. The number of aryl methyl sites for hydroxylation is 2. The molecular formula is C31H29ClN4O6. The zero-order valence-electron chi connectivity index (χ0n) is 23.3. The van der Waals surface area contributed by atoms with E-state index in [4.69, 9.17) is 16.3 Å². The van der Waals surface area contributed by atoms with Crippen LogP contribution < -0.4 is 26.9 Å². The fourth-order valence-electron chi connectivity index (χ4n) is 4.19. The van der Waals surface area contributed by atoms with Gasteiger partial charge >= 0.3 is 5.69 Å². The van der Waals surface area contributed by atoms with E-state index in [1.54, 1.807) is 30.5 Å². The molecule has 0 saturated carbocycles. The van der Waals surface area contributed by atoms with Crippen LogP contribution in [0.4, 0.5) is 5.69 Å². The summed E-state index contributed by atoms with van der Waals surface area (Å²) < 4.78 is 8.40. The number of pyridine rings is 1. The summed E-state index contributed by atoms with van der Waals surface area (Å²) >= 11 is 6.42. The summed E-state index contributed by atoms with van der Waals surface area (Å²) in [7, 11) is 2.69. The van der Waals surface area contributed by atoms with E-state index >= 15 is 0 Å². The number of benzene rings is 2. The van der Waals surface area contributed by atoms with Gasteiger partial charge in [-0.05, 0) is 49.2 Å². The SMILES string of the molecule is COc1cccn(Cc2cc(C#CCn3c(Cl)c(NC(=O)CCc4ccc(C)cc4)c(=O)n(C)c3=O)ccc2O)c1=O. The molecule has 4 aromatic rings. The molecule has 0 bridgehead atoms. The van der Waals surface area contributed by atoms with Crippen molar-refractivity contribution in [2.75, 3.05) is 12.4 Å². The maximum atomic E-state index is 12.8. The number of phenols is 1. The standard InChI is InChI=1S/C31H29ClN4O6/c1-20-8-10-21(11-9-20)13-15-26(38)33-27-28(32)36(31(41)34(2)30(27)40)17-4-6-22-12-14-24(37)23(18-22)19-35-16-5-7-25(42-3)29(35)39/h5,7-12,14,16,18,37H,13,15,17,19H2,1-3H3,(H,33,38). The number of carbonyl (C=O) groups is 1. The van der Waals surface area contributed by atoms with Gasteiger partial charge in [0, 0.05) is 30.8 Å². The minimum atomic E-state index is -0.728. The van der Waals surface area contributed by atoms with Crippen molar-refractivity contribution < 1.29 is 14.6 Å². The van der Waals surface area contributed by atoms with Crippen LogP contribution in [-0.2, 0) is 31.4 Å². The van der Waals surface area contributed by atoms with E-state index in [9.17, 15) is 24.3 Å². The Bertz CT molecular complexity index is 1880. The molecule has 0 saturated heterocycles. The van der Waals surface area contributed by atoms with Gasteiger partial charge in [0.05, 0.1) is 20.2 Å². The Balaban J connectivity index is 1.53. The van der Waals surface area contributed by atoms with E-state index in [0.29, 0.717) is 17.5 Å². The van der Waals surface area contributed by atoms with Crippen LogP contribution in [0.1, 0.15) is 28.7 Å². The van der Waals surface area contributed by atoms with Crippen LogP contribution in [-0.4, -0.2) is 31.8 Å². The number of aromatic hydroxyl groups is 1. The minimum absolute atomic E-state index is 0.0182. The lowest BCUT2D eigenvalue weighted by molar-refractivity contribution is -0.116. The Morgan fingerprint density at radius 3 is 2.52 bits per heavy atom. The first kappa shape index (κ1) is 30.0. The number of nitrogens with one attached hydrogen (secondary N) is 1. The Morgan fingerprint density at radius 1 is 1.07 bits per heavy atom. The highest BCUT2D eigenvalue weighted by atomic mass is 35.5. The highest BCUT2D eigenvalue weighted by Gasteiger charge is 2.18. The quantitative estimate of drug-likeness (QED) is 0.241. The number of aromatic nitrogens is 3. The first-order chi connectivity index (χ1) is 20.1. The normalized spacial score (nSPS) is 10.6. The molecule has 0 unspecified atom stereocenters. The summed E-state index contributed by atoms with van der Waals surface area (Å²) in [5.74, 6) is 5.50. The summed E-state index contributed by atoms with van der Waals surface area (Å²) in [4.78, 5) is 50.7. The van der Waals surface area contributed by atoms with E-state index in [2.05, 4.69) is 17.2 Å². The van der Waals surface area contributed by atoms with E-state index in [0.717, 1.165) is 20.3 Å². The van der Waals surface area contributed by atoms with Crippen LogP contribution in [0.3, 0.4) is 0 Å². The largest absolute Gasteiger partial charge is 0.508 e. The molecule has 0 spiro atoms. The molecule has 4 rings (SSSR count). The average Bonchev–Trinajstić information content (AvgIpc) is 2.98. The summed E-state index contributed by atoms with van der Waals surface area (Å²) in [5.41, 5.74) is 1.07. The molecular weight excluding hydrogens is 560 g/mol. The molecule has 0 aliphatic rings. The van der Waals surface area contributed by atoms with Gasteiger partial charge in [0.15, 0.2) is 5.75 Å². The number of anilines is 1. The molecule has 1 amide bonds. The van der Waals surface area contributed by atoms with Crippen LogP contribution in [0.5, 0.6) is 11.5 Å². The van der Waals surface area contributed by atoms with Crippen molar-refractivity contribution in [2.24, 2.45) is 7.05 Å². The molecule has 0 radical (unpaired) electrons. The lowest BCUT2D eigenvalue weighted by atomic mass is 10.1. The third-order valence-electron chi connectivity index (χ3n) is 6.60. The number of methoxy groups -OCH3 is 1. The Kier molecular flexibility index (Phi) is 9.35. The molecule has 42 heavy (non-hydrogen) atoms. The van der Waals surface area contributed by atoms with E-state index in [-0.39, 0.29) is 47.4 Å². The molecule has 2 aromatic heterocycles. The summed E-state index contributed by atoms with van der Waals surface area (Å²) in [6.45, 7) is 1.88. The zero-order valence-corrected chi connectivity index (χ0v) is 24.1. The highest BCUT2D eigenvalue weighted by Crippen LogP contribution is 2.20. The van der Waals surface area contributed by atoms with E-state index in [1.165, 1.54) is 24.8 Å². The van der Waals surface area contributed by atoms with Crippen LogP contribution in [0.15, 0.2) is 75.2 Å². The van der Waals surface area contributed by atoms with Crippen molar-refractivity contribution in [1.29, 1.82) is 0 Å².